The van der Waals surface area contributed by atoms with E-state index in [9.17, 15) is 55.9 Å². The molecule has 10 atom stereocenters. The zero-order valence-corrected chi connectivity index (χ0v) is 22.9. The molecule has 2 heterocycles. The Bertz CT molecular complexity index is 1300. The number of phenolic OH excluding ortho intramolecular Hbond substituents is 4. The summed E-state index contributed by atoms with van der Waals surface area (Å²) in [4.78, 5) is 12.6. The number of aliphatic hydroxyl groups is 6. The Morgan fingerprint density at radius 3 is 2.18 bits per heavy atom. The Morgan fingerprint density at radius 2 is 1.50 bits per heavy atom. The highest BCUT2D eigenvalue weighted by Crippen LogP contribution is 2.30. The van der Waals surface area contributed by atoms with Crippen LogP contribution in [0.25, 0.3) is 6.08 Å². The second-order valence-corrected chi connectivity index (χ2v) is 10.2. The molecule has 4 rings (SSSR count). The maximum atomic E-state index is 12.6. The van der Waals surface area contributed by atoms with Gasteiger partial charge < -0.3 is 74.7 Å². The van der Waals surface area contributed by atoms with E-state index in [2.05, 4.69) is 0 Å². The van der Waals surface area contributed by atoms with Gasteiger partial charge >= 0.3 is 5.97 Å². The molecule has 10 N–H and O–H groups in total. The highest BCUT2D eigenvalue weighted by Gasteiger charge is 2.48. The van der Waals surface area contributed by atoms with Gasteiger partial charge in [0.2, 0.25) is 0 Å². The quantitative estimate of drug-likeness (QED) is 0.0783. The molecule has 0 saturated carbocycles. The molecule has 242 valence electrons. The van der Waals surface area contributed by atoms with Gasteiger partial charge in [0, 0.05) is 6.08 Å². The summed E-state index contributed by atoms with van der Waals surface area (Å²) < 4.78 is 27.2. The zero-order chi connectivity index (χ0) is 32.1. The minimum absolute atomic E-state index is 0.149. The molecule has 0 amide bonds. The van der Waals surface area contributed by atoms with Crippen molar-refractivity contribution < 1.29 is 79.5 Å². The molecule has 0 radical (unpaired) electrons. The average Bonchev–Trinajstić information content (AvgIpc) is 2.99. The summed E-state index contributed by atoms with van der Waals surface area (Å²) in [7, 11) is 0. The fourth-order valence-electron chi connectivity index (χ4n) is 4.45. The van der Waals surface area contributed by atoms with Crippen molar-refractivity contribution in [3.63, 3.8) is 0 Å². The van der Waals surface area contributed by atoms with Crippen LogP contribution in [-0.2, 0) is 28.5 Å². The number of phenols is 4. The van der Waals surface area contributed by atoms with Gasteiger partial charge in [-0.25, -0.2) is 4.79 Å². The fourth-order valence-corrected chi connectivity index (χ4v) is 4.45. The van der Waals surface area contributed by atoms with Crippen molar-refractivity contribution in [2.75, 3.05) is 19.8 Å². The molecule has 16 heteroatoms. The number of carbonyl (C=O) groups is 1. The van der Waals surface area contributed by atoms with Crippen molar-refractivity contribution in [3.8, 4) is 23.0 Å². The van der Waals surface area contributed by atoms with Crippen LogP contribution in [0.4, 0.5) is 0 Å². The lowest BCUT2D eigenvalue weighted by atomic mass is 9.98. The van der Waals surface area contributed by atoms with E-state index in [1.54, 1.807) is 0 Å². The van der Waals surface area contributed by atoms with Gasteiger partial charge in [-0.2, -0.15) is 0 Å². The van der Waals surface area contributed by atoms with Crippen LogP contribution < -0.4 is 0 Å². The third-order valence-electron chi connectivity index (χ3n) is 6.99. The molecule has 2 aromatic carbocycles. The number of rotatable bonds is 10. The third-order valence-corrected chi connectivity index (χ3v) is 6.99. The van der Waals surface area contributed by atoms with E-state index in [4.69, 9.17) is 23.7 Å². The number of benzene rings is 2. The highest BCUT2D eigenvalue weighted by molar-refractivity contribution is 5.87. The number of ether oxygens (including phenoxy) is 5. The molecule has 2 aliphatic heterocycles. The lowest BCUT2D eigenvalue weighted by Crippen LogP contribution is -2.61. The van der Waals surface area contributed by atoms with Gasteiger partial charge in [0.1, 0.15) is 42.7 Å². The molecule has 16 nitrogen and oxygen atoms in total. The maximum Gasteiger partial charge on any atom is 0.331 e. The van der Waals surface area contributed by atoms with Crippen LogP contribution in [-0.4, -0.2) is 132 Å². The first-order chi connectivity index (χ1) is 20.8. The van der Waals surface area contributed by atoms with Gasteiger partial charge in [-0.3, -0.25) is 0 Å². The highest BCUT2D eigenvalue weighted by atomic mass is 16.7. The predicted molar refractivity (Wildman–Crippen MR) is 144 cm³/mol. The van der Waals surface area contributed by atoms with Crippen molar-refractivity contribution in [1.29, 1.82) is 0 Å². The lowest BCUT2D eigenvalue weighted by molar-refractivity contribution is -0.323. The van der Waals surface area contributed by atoms with Crippen molar-refractivity contribution in [2.45, 2.75) is 61.4 Å². The summed E-state index contributed by atoms with van der Waals surface area (Å²) in [6, 6.07) is 7.32. The van der Waals surface area contributed by atoms with E-state index >= 15 is 0 Å². The number of aliphatic hydroxyl groups excluding tert-OH is 6. The lowest BCUT2D eigenvalue weighted by Gasteiger charge is -2.42. The average molecular weight is 627 g/mol. The molecular weight excluding hydrogens is 592 g/mol. The minimum Gasteiger partial charge on any atom is -0.504 e. The Kier molecular flexibility index (Phi) is 11.0. The van der Waals surface area contributed by atoms with Crippen molar-refractivity contribution in [2.24, 2.45) is 0 Å². The van der Waals surface area contributed by atoms with Crippen LogP contribution >= 0.6 is 0 Å². The van der Waals surface area contributed by atoms with E-state index in [-0.39, 0.29) is 17.9 Å². The summed E-state index contributed by atoms with van der Waals surface area (Å²) >= 11 is 0. The first-order valence-electron chi connectivity index (χ1n) is 13.4. The smallest absolute Gasteiger partial charge is 0.331 e. The standard InChI is InChI=1S/C28H34O16/c29-14-4-1-12(7-16(14)31)2-6-21(35)44-26-20(11-42-27-24(38)22(36)19(34)10-40-27)43-28(25(39)23(26)37)41-9-18(33)13-3-5-15(30)17(32)8-13/h1-8,18-20,22-34,36-39H,9-11H2/b6-2+/t18?,19-,20-,22+,23-,24-,25-,26-,27+,28-/m1/s1. The summed E-state index contributed by atoms with van der Waals surface area (Å²) in [5.41, 5.74) is 0.464. The number of esters is 1. The van der Waals surface area contributed by atoms with Crippen molar-refractivity contribution in [3.05, 3.63) is 53.6 Å². The molecule has 2 saturated heterocycles. The molecule has 0 bridgehead atoms. The van der Waals surface area contributed by atoms with Gasteiger partial charge in [0.15, 0.2) is 41.7 Å². The second kappa shape index (κ2) is 14.5. The zero-order valence-electron chi connectivity index (χ0n) is 22.9. The van der Waals surface area contributed by atoms with Gasteiger partial charge in [-0.1, -0.05) is 12.1 Å². The number of hydrogen-bond acceptors (Lipinski definition) is 16. The summed E-state index contributed by atoms with van der Waals surface area (Å²) in [5.74, 6) is -2.72. The maximum absolute atomic E-state index is 12.6. The second-order valence-electron chi connectivity index (χ2n) is 10.2. The van der Waals surface area contributed by atoms with E-state index in [1.165, 1.54) is 30.3 Å². The van der Waals surface area contributed by atoms with Crippen LogP contribution in [0.3, 0.4) is 0 Å². The molecule has 0 aromatic heterocycles. The van der Waals surface area contributed by atoms with E-state index in [0.717, 1.165) is 18.2 Å². The first-order valence-corrected chi connectivity index (χ1v) is 13.4. The van der Waals surface area contributed by atoms with Crippen LogP contribution in [0.2, 0.25) is 0 Å². The summed E-state index contributed by atoms with van der Waals surface area (Å²) in [5, 5.41) is 100. The predicted octanol–water partition coefficient (Wildman–Crippen LogP) is -1.91. The molecule has 2 aliphatic rings. The molecule has 2 fully saturated rings. The minimum atomic E-state index is -1.84. The molecule has 0 aliphatic carbocycles. The Morgan fingerprint density at radius 1 is 0.841 bits per heavy atom. The third kappa shape index (κ3) is 7.93. The Labute approximate surface area is 249 Å². The van der Waals surface area contributed by atoms with Gasteiger partial charge in [-0.15, -0.1) is 0 Å². The Hall–Kier alpha value is -3.55. The van der Waals surface area contributed by atoms with Crippen LogP contribution in [0.15, 0.2) is 42.5 Å². The van der Waals surface area contributed by atoms with Gasteiger partial charge in [0.05, 0.1) is 19.8 Å². The molecule has 2 aromatic rings. The van der Waals surface area contributed by atoms with Gasteiger partial charge in [0.25, 0.3) is 0 Å². The van der Waals surface area contributed by atoms with Gasteiger partial charge in [-0.05, 0) is 41.5 Å². The molecule has 0 spiro atoms. The number of aromatic hydroxyl groups is 4. The Balaban J connectivity index is 1.46. The van der Waals surface area contributed by atoms with Crippen molar-refractivity contribution in [1.82, 2.24) is 0 Å². The molecule has 44 heavy (non-hydrogen) atoms. The summed E-state index contributed by atoms with van der Waals surface area (Å²) in [6.45, 7) is -1.45. The van der Waals surface area contributed by atoms with E-state index in [0.29, 0.717) is 5.56 Å². The first kappa shape index (κ1) is 33.3. The SMILES string of the molecule is O=C(/C=C/c1ccc(O)c(O)c1)O[C@H]1[C@H](O)[C@@H](O)[C@H](OCC(O)c2ccc(O)c(O)c2)O[C@@H]1CO[C@@H]1OC[C@@H](O)[C@H](O)[C@H]1O. The van der Waals surface area contributed by atoms with Crippen molar-refractivity contribution >= 4 is 12.0 Å². The van der Waals surface area contributed by atoms with Crippen LogP contribution in [0, 0.1) is 0 Å². The van der Waals surface area contributed by atoms with Crippen LogP contribution in [0.1, 0.15) is 17.2 Å². The molecular formula is C28H34O16. The summed E-state index contributed by atoms with van der Waals surface area (Å²) in [6.07, 6.45) is -13.5. The van der Waals surface area contributed by atoms with Crippen LogP contribution in [0.5, 0.6) is 23.0 Å². The van der Waals surface area contributed by atoms with E-state index in [1.807, 2.05) is 0 Å². The monoisotopic (exact) mass is 626 g/mol. The largest absolute Gasteiger partial charge is 0.504 e. The topological polar surface area (TPSA) is 266 Å². The number of hydrogen-bond donors (Lipinski definition) is 10. The van der Waals surface area contributed by atoms with E-state index < -0.39 is 97.8 Å². The normalized spacial score (nSPS) is 31.5. The molecule has 1 unspecified atom stereocenters. The fraction of sp³-hybridized carbons (Fsp3) is 0.464. The number of carbonyl (C=O) groups excluding carboxylic acids is 1.